The molecule has 0 heterocycles. The Balaban J connectivity index is 1.47. The highest BCUT2D eigenvalue weighted by atomic mass is 79.9. The van der Waals surface area contributed by atoms with Gasteiger partial charge in [-0.2, -0.15) is 0 Å². The standard InChI is InChI=1S/C32H26BrN3O5S/c1-20(29(37)34-25-13-6-11-23(18-25)32(40)41)42-27-15-7-14-26(19-27)35-31(39)28(17-21-8-5-12-24(33)16-21)36-30(38)22-9-3-2-4-10-22/h2-20H,1H3,(H,34,37)(H,35,39)(H,36,38)(H,40,41)/b28-17+. The Kier molecular flexibility index (Phi) is 10.3. The average molecular weight is 645 g/mol. The summed E-state index contributed by atoms with van der Waals surface area (Å²) >= 11 is 4.70. The number of nitrogens with one attached hydrogen (secondary N) is 3. The van der Waals surface area contributed by atoms with Gasteiger partial charge in [-0.15, -0.1) is 11.8 Å². The van der Waals surface area contributed by atoms with Gasteiger partial charge in [0.1, 0.15) is 5.70 Å². The number of carboxylic acid groups (broad SMARTS) is 1. The first-order valence-electron chi connectivity index (χ1n) is 12.7. The van der Waals surface area contributed by atoms with Crippen molar-refractivity contribution in [3.8, 4) is 0 Å². The van der Waals surface area contributed by atoms with Crippen LogP contribution in [0.15, 0.2) is 118 Å². The van der Waals surface area contributed by atoms with Gasteiger partial charge >= 0.3 is 5.97 Å². The summed E-state index contributed by atoms with van der Waals surface area (Å²) in [5, 5.41) is 16.9. The molecular weight excluding hydrogens is 618 g/mol. The van der Waals surface area contributed by atoms with E-state index in [1.54, 1.807) is 73.7 Å². The molecule has 4 aromatic rings. The van der Waals surface area contributed by atoms with Gasteiger partial charge in [0.2, 0.25) is 5.91 Å². The molecule has 0 spiro atoms. The van der Waals surface area contributed by atoms with Crippen LogP contribution in [0.3, 0.4) is 0 Å². The Labute approximate surface area is 255 Å². The molecule has 4 aromatic carbocycles. The van der Waals surface area contributed by atoms with E-state index in [-0.39, 0.29) is 17.2 Å². The zero-order valence-electron chi connectivity index (χ0n) is 22.3. The summed E-state index contributed by atoms with van der Waals surface area (Å²) in [4.78, 5) is 51.0. The number of benzene rings is 4. The van der Waals surface area contributed by atoms with Crippen LogP contribution in [0, 0.1) is 0 Å². The highest BCUT2D eigenvalue weighted by Gasteiger charge is 2.18. The summed E-state index contributed by atoms with van der Waals surface area (Å²) in [5.74, 6) is -2.34. The van der Waals surface area contributed by atoms with Gasteiger partial charge in [0.15, 0.2) is 0 Å². The van der Waals surface area contributed by atoms with E-state index in [0.717, 1.165) is 9.37 Å². The zero-order chi connectivity index (χ0) is 30.1. The first kappa shape index (κ1) is 30.3. The molecule has 0 bridgehead atoms. The summed E-state index contributed by atoms with van der Waals surface area (Å²) in [6, 6.07) is 28.9. The minimum absolute atomic E-state index is 0.0522. The third-order valence-electron chi connectivity index (χ3n) is 5.84. The van der Waals surface area contributed by atoms with Gasteiger partial charge in [0, 0.05) is 26.3 Å². The zero-order valence-corrected chi connectivity index (χ0v) is 24.7. The molecule has 4 rings (SSSR count). The minimum atomic E-state index is -1.08. The minimum Gasteiger partial charge on any atom is -0.478 e. The average Bonchev–Trinajstić information content (AvgIpc) is 2.97. The van der Waals surface area contributed by atoms with Crippen LogP contribution in [0.1, 0.15) is 33.2 Å². The second kappa shape index (κ2) is 14.3. The molecule has 0 aliphatic carbocycles. The van der Waals surface area contributed by atoms with Gasteiger partial charge in [-0.3, -0.25) is 14.4 Å². The number of thioether (sulfide) groups is 1. The maximum absolute atomic E-state index is 13.4. The monoisotopic (exact) mass is 643 g/mol. The van der Waals surface area contributed by atoms with Crippen molar-refractivity contribution in [2.24, 2.45) is 0 Å². The Hall–Kier alpha value is -4.67. The molecule has 0 aromatic heterocycles. The van der Waals surface area contributed by atoms with Crippen molar-refractivity contribution >= 4 is 68.8 Å². The smallest absolute Gasteiger partial charge is 0.335 e. The second-order valence-electron chi connectivity index (χ2n) is 9.05. The van der Waals surface area contributed by atoms with Crippen molar-refractivity contribution in [3.63, 3.8) is 0 Å². The molecule has 42 heavy (non-hydrogen) atoms. The molecule has 0 aliphatic rings. The van der Waals surface area contributed by atoms with Crippen LogP contribution in [-0.2, 0) is 9.59 Å². The molecule has 1 unspecified atom stereocenters. The van der Waals surface area contributed by atoms with E-state index < -0.39 is 23.0 Å². The molecule has 10 heteroatoms. The van der Waals surface area contributed by atoms with Crippen molar-refractivity contribution in [3.05, 3.63) is 130 Å². The summed E-state index contributed by atoms with van der Waals surface area (Å²) in [6.07, 6.45) is 1.59. The Morgan fingerprint density at radius 1 is 0.786 bits per heavy atom. The van der Waals surface area contributed by atoms with Gasteiger partial charge in [0.25, 0.3) is 11.8 Å². The lowest BCUT2D eigenvalue weighted by Crippen LogP contribution is -2.30. The van der Waals surface area contributed by atoms with Crippen molar-refractivity contribution in [1.29, 1.82) is 0 Å². The Morgan fingerprint density at radius 3 is 2.17 bits per heavy atom. The largest absolute Gasteiger partial charge is 0.478 e. The van der Waals surface area contributed by atoms with E-state index in [2.05, 4.69) is 31.9 Å². The van der Waals surface area contributed by atoms with E-state index in [1.807, 2.05) is 30.3 Å². The maximum Gasteiger partial charge on any atom is 0.335 e. The Bertz CT molecular complexity index is 1660. The maximum atomic E-state index is 13.4. The number of carbonyl (C=O) groups is 4. The van der Waals surface area contributed by atoms with E-state index >= 15 is 0 Å². The molecule has 0 fully saturated rings. The van der Waals surface area contributed by atoms with Gasteiger partial charge in [0.05, 0.1) is 10.8 Å². The van der Waals surface area contributed by atoms with Crippen molar-refractivity contribution in [2.75, 3.05) is 10.6 Å². The van der Waals surface area contributed by atoms with E-state index in [9.17, 15) is 24.3 Å². The van der Waals surface area contributed by atoms with E-state index in [4.69, 9.17) is 0 Å². The molecule has 3 amide bonds. The number of halogens is 1. The summed E-state index contributed by atoms with van der Waals surface area (Å²) in [6.45, 7) is 1.73. The van der Waals surface area contributed by atoms with Crippen LogP contribution in [0.5, 0.6) is 0 Å². The molecule has 0 saturated carbocycles. The molecule has 4 N–H and O–H groups in total. The number of hydrogen-bond acceptors (Lipinski definition) is 5. The fourth-order valence-corrected chi connectivity index (χ4v) is 5.13. The number of amides is 3. The summed E-state index contributed by atoms with van der Waals surface area (Å²) < 4.78 is 0.822. The normalized spacial score (nSPS) is 11.7. The van der Waals surface area contributed by atoms with Crippen LogP contribution in [0.2, 0.25) is 0 Å². The first-order valence-corrected chi connectivity index (χ1v) is 14.4. The van der Waals surface area contributed by atoms with Gasteiger partial charge < -0.3 is 21.1 Å². The Morgan fingerprint density at radius 2 is 1.45 bits per heavy atom. The molecule has 8 nitrogen and oxygen atoms in total. The van der Waals surface area contributed by atoms with Crippen molar-refractivity contribution < 1.29 is 24.3 Å². The highest BCUT2D eigenvalue weighted by molar-refractivity contribution is 9.10. The molecule has 212 valence electrons. The lowest BCUT2D eigenvalue weighted by atomic mass is 10.1. The summed E-state index contributed by atoms with van der Waals surface area (Å²) in [5.41, 5.74) is 2.10. The van der Waals surface area contributed by atoms with E-state index in [1.165, 1.54) is 23.9 Å². The fraction of sp³-hybridized carbons (Fsp3) is 0.0625. The van der Waals surface area contributed by atoms with Crippen LogP contribution in [0.25, 0.3) is 6.08 Å². The van der Waals surface area contributed by atoms with Gasteiger partial charge in [-0.25, -0.2) is 4.79 Å². The fourth-order valence-electron chi connectivity index (χ4n) is 3.78. The first-order chi connectivity index (χ1) is 20.2. The van der Waals surface area contributed by atoms with Crippen LogP contribution >= 0.6 is 27.7 Å². The predicted molar refractivity (Wildman–Crippen MR) is 168 cm³/mol. The molecule has 0 saturated heterocycles. The third kappa shape index (κ3) is 8.66. The van der Waals surface area contributed by atoms with Crippen LogP contribution < -0.4 is 16.0 Å². The van der Waals surface area contributed by atoms with Crippen molar-refractivity contribution in [2.45, 2.75) is 17.1 Å². The number of hydrogen-bond donors (Lipinski definition) is 4. The second-order valence-corrected chi connectivity index (χ2v) is 11.4. The highest BCUT2D eigenvalue weighted by Crippen LogP contribution is 2.27. The summed E-state index contributed by atoms with van der Waals surface area (Å²) in [7, 11) is 0. The lowest BCUT2D eigenvalue weighted by Gasteiger charge is -2.14. The third-order valence-corrected chi connectivity index (χ3v) is 7.43. The predicted octanol–water partition coefficient (Wildman–Crippen LogP) is 6.68. The lowest BCUT2D eigenvalue weighted by molar-refractivity contribution is -0.115. The molecular formula is C32H26BrN3O5S. The SMILES string of the molecule is CC(Sc1cccc(NC(=O)/C(=C\c2cccc(Br)c2)NC(=O)c2ccccc2)c1)C(=O)Nc1cccc(C(=O)O)c1. The van der Waals surface area contributed by atoms with Gasteiger partial charge in [-0.05, 0) is 79.2 Å². The number of anilines is 2. The molecule has 1 atom stereocenters. The van der Waals surface area contributed by atoms with E-state index in [0.29, 0.717) is 22.5 Å². The van der Waals surface area contributed by atoms with Crippen molar-refractivity contribution in [1.82, 2.24) is 5.32 Å². The van der Waals surface area contributed by atoms with Crippen LogP contribution in [0.4, 0.5) is 11.4 Å². The molecule has 0 aliphatic heterocycles. The van der Waals surface area contributed by atoms with Crippen LogP contribution in [-0.4, -0.2) is 34.0 Å². The number of carbonyl (C=O) groups excluding carboxylic acids is 3. The topological polar surface area (TPSA) is 125 Å². The number of aromatic carboxylic acids is 1. The molecule has 0 radical (unpaired) electrons. The number of carboxylic acids is 1. The number of rotatable bonds is 10. The quantitative estimate of drug-likeness (QED) is 0.113. The van der Waals surface area contributed by atoms with Gasteiger partial charge in [-0.1, -0.05) is 58.4 Å².